The lowest BCUT2D eigenvalue weighted by molar-refractivity contribution is -0.0541. The van der Waals surface area contributed by atoms with Gasteiger partial charge in [0.25, 0.3) is 5.56 Å². The summed E-state index contributed by atoms with van der Waals surface area (Å²) in [5, 5.41) is 29.5. The van der Waals surface area contributed by atoms with E-state index < -0.39 is 24.5 Å². The van der Waals surface area contributed by atoms with Crippen LogP contribution in [0.1, 0.15) is 39.8 Å². The molecule has 7 nitrogen and oxygen atoms in total. The highest BCUT2D eigenvalue weighted by Crippen LogP contribution is 2.29. The minimum Gasteiger partial charge on any atom is -0.394 e. The highest BCUT2D eigenvalue weighted by molar-refractivity contribution is 7.91. The smallest absolute Gasteiger partial charge is 0.251 e. The molecule has 0 saturated carbocycles. The molecule has 0 bridgehead atoms. The van der Waals surface area contributed by atoms with Crippen molar-refractivity contribution in [1.29, 1.82) is 0 Å². The maximum absolute atomic E-state index is 11.7. The van der Waals surface area contributed by atoms with Crippen molar-refractivity contribution in [1.82, 2.24) is 9.55 Å². The first-order chi connectivity index (χ1) is 12.8. The lowest BCUT2D eigenvalue weighted by atomic mass is 10.1. The average Bonchev–Trinajstić information content (AvgIpc) is 2.90. The van der Waals surface area contributed by atoms with Crippen molar-refractivity contribution >= 4 is 11.4 Å². The number of aromatic nitrogens is 2. The Bertz CT molecular complexity index is 807. The molecule has 1 saturated heterocycles. The van der Waals surface area contributed by atoms with Crippen LogP contribution in [0, 0.1) is 4.77 Å². The van der Waals surface area contributed by atoms with Gasteiger partial charge in [0.05, 0.1) is 6.61 Å². The second-order valence-electron chi connectivity index (χ2n) is 6.98. The molecular formula is C19H30N2O5S. The van der Waals surface area contributed by atoms with E-state index in [4.69, 9.17) is 4.74 Å². The van der Waals surface area contributed by atoms with Crippen molar-refractivity contribution in [2.24, 2.45) is 0 Å². The summed E-state index contributed by atoms with van der Waals surface area (Å²) >= 11 is 0.842. The minimum absolute atomic E-state index is 0.246. The zero-order valence-electron chi connectivity index (χ0n) is 16.0. The number of hydrogen-bond donors (Lipinski definition) is 5. The van der Waals surface area contributed by atoms with Crippen molar-refractivity contribution < 1.29 is 20.1 Å². The Morgan fingerprint density at radius 2 is 2.04 bits per heavy atom. The SMILES string of the molecule is CC(C)=CCC/C(C)=C/C[SH]=c1[nH]c(=O)ccn1[C@@H]1O[C@H](CO)[C@@H](O)[C@H]1O. The molecule has 0 spiro atoms. The van der Waals surface area contributed by atoms with Crippen molar-refractivity contribution in [3.8, 4) is 0 Å². The third-order valence-corrected chi connectivity index (χ3v) is 5.44. The van der Waals surface area contributed by atoms with Crippen LogP contribution in [-0.2, 0) is 4.74 Å². The van der Waals surface area contributed by atoms with E-state index in [1.54, 1.807) is 4.57 Å². The first-order valence-electron chi connectivity index (χ1n) is 9.07. The number of thiol groups is 1. The Morgan fingerprint density at radius 1 is 1.30 bits per heavy atom. The van der Waals surface area contributed by atoms with Gasteiger partial charge in [0, 0.05) is 18.0 Å². The fraction of sp³-hybridized carbons (Fsp3) is 0.579. The predicted molar refractivity (Wildman–Crippen MR) is 108 cm³/mol. The molecule has 4 N–H and O–H groups in total. The Hall–Kier alpha value is -1.45. The van der Waals surface area contributed by atoms with E-state index >= 15 is 0 Å². The summed E-state index contributed by atoms with van der Waals surface area (Å²) in [6.07, 6.45) is 3.78. The molecule has 1 aromatic rings. The van der Waals surface area contributed by atoms with Crippen molar-refractivity contribution in [2.75, 3.05) is 12.4 Å². The quantitative estimate of drug-likeness (QED) is 0.272. The summed E-state index contributed by atoms with van der Waals surface area (Å²) in [6.45, 7) is 5.86. The number of hydrogen-bond acceptors (Lipinski definition) is 5. The number of aliphatic hydroxyl groups is 3. The molecule has 0 aromatic carbocycles. The van der Waals surface area contributed by atoms with Crippen LogP contribution >= 0.6 is 11.4 Å². The second-order valence-corrected chi connectivity index (χ2v) is 8.08. The number of nitrogens with one attached hydrogen (secondary N) is 1. The number of nitrogens with zero attached hydrogens (tertiary/aromatic N) is 1. The summed E-state index contributed by atoms with van der Waals surface area (Å²) < 4.78 is 7.75. The van der Waals surface area contributed by atoms with Crippen LogP contribution in [0.5, 0.6) is 0 Å². The van der Waals surface area contributed by atoms with Gasteiger partial charge in [0.2, 0.25) is 0 Å². The van der Waals surface area contributed by atoms with Gasteiger partial charge in [-0.05, 0) is 33.6 Å². The Kier molecular flexibility index (Phi) is 8.25. The highest BCUT2D eigenvalue weighted by Gasteiger charge is 2.43. The van der Waals surface area contributed by atoms with Gasteiger partial charge in [0.1, 0.15) is 23.1 Å². The Labute approximate surface area is 162 Å². The van der Waals surface area contributed by atoms with Gasteiger partial charge < -0.3 is 29.6 Å². The normalized spacial score (nSPS) is 26.7. The topological polar surface area (TPSA) is 108 Å². The van der Waals surface area contributed by atoms with Crippen LogP contribution in [0.4, 0.5) is 0 Å². The number of rotatable bonds is 7. The van der Waals surface area contributed by atoms with Crippen LogP contribution in [0.25, 0.3) is 0 Å². The van der Waals surface area contributed by atoms with E-state index in [2.05, 4.69) is 37.9 Å². The Morgan fingerprint density at radius 3 is 2.67 bits per heavy atom. The molecule has 4 atom stereocenters. The van der Waals surface area contributed by atoms with Gasteiger partial charge in [-0.1, -0.05) is 23.3 Å². The molecule has 0 aliphatic carbocycles. The van der Waals surface area contributed by atoms with E-state index in [0.717, 1.165) is 24.2 Å². The van der Waals surface area contributed by atoms with Crippen molar-refractivity contribution in [3.63, 3.8) is 0 Å². The number of ether oxygens (including phenoxy) is 1. The van der Waals surface area contributed by atoms with Gasteiger partial charge in [-0.3, -0.25) is 4.79 Å². The fourth-order valence-corrected chi connectivity index (χ4v) is 3.96. The van der Waals surface area contributed by atoms with Crippen molar-refractivity contribution in [3.05, 3.63) is 50.7 Å². The van der Waals surface area contributed by atoms with E-state index in [1.807, 2.05) is 0 Å². The summed E-state index contributed by atoms with van der Waals surface area (Å²) in [4.78, 5) is 14.5. The van der Waals surface area contributed by atoms with E-state index in [9.17, 15) is 20.1 Å². The lowest BCUT2D eigenvalue weighted by Crippen LogP contribution is -2.33. The molecule has 2 rings (SSSR count). The molecule has 152 valence electrons. The van der Waals surface area contributed by atoms with Crippen molar-refractivity contribution in [2.45, 2.75) is 58.2 Å². The largest absolute Gasteiger partial charge is 0.394 e. The average molecular weight is 399 g/mol. The molecule has 2 heterocycles. The van der Waals surface area contributed by atoms with Gasteiger partial charge >= 0.3 is 0 Å². The fourth-order valence-electron chi connectivity index (χ4n) is 2.85. The standard InChI is InChI=1S/C19H30N2O5S/c1-12(2)5-4-6-13(3)8-10-27-19-20-15(23)7-9-21(19)18-17(25)16(24)14(11-22)26-18/h5,7-9,14,16-18,22,24-25,27H,4,6,10-11H2,1-3H3,(H,20,23)/b13-8+/t14-,16-,17-,18-/m1/s1. The van der Waals surface area contributed by atoms with E-state index in [1.165, 1.54) is 23.4 Å². The lowest BCUT2D eigenvalue weighted by Gasteiger charge is -2.18. The van der Waals surface area contributed by atoms with E-state index in [-0.39, 0.29) is 12.2 Å². The van der Waals surface area contributed by atoms with Crippen LogP contribution < -0.4 is 5.56 Å². The Balaban J connectivity index is 2.20. The van der Waals surface area contributed by atoms with Crippen LogP contribution in [0.3, 0.4) is 0 Å². The van der Waals surface area contributed by atoms with E-state index in [0.29, 0.717) is 10.5 Å². The molecule has 1 fully saturated rings. The zero-order valence-corrected chi connectivity index (χ0v) is 16.9. The van der Waals surface area contributed by atoms with Crippen LogP contribution in [0.15, 0.2) is 40.4 Å². The third-order valence-electron chi connectivity index (χ3n) is 4.43. The molecule has 8 heteroatoms. The maximum atomic E-state index is 11.7. The summed E-state index contributed by atoms with van der Waals surface area (Å²) in [5.74, 6) is 0.704. The third kappa shape index (κ3) is 6.02. The van der Waals surface area contributed by atoms with Gasteiger partial charge in [-0.25, -0.2) is 0 Å². The molecule has 0 amide bonds. The van der Waals surface area contributed by atoms with Gasteiger partial charge in [-0.2, -0.15) is 11.4 Å². The van der Waals surface area contributed by atoms with Gasteiger partial charge in [0.15, 0.2) is 6.23 Å². The summed E-state index contributed by atoms with van der Waals surface area (Å²) in [5.41, 5.74) is 2.34. The summed E-state index contributed by atoms with van der Waals surface area (Å²) in [7, 11) is 0. The molecule has 0 unspecified atom stereocenters. The maximum Gasteiger partial charge on any atom is 0.251 e. The number of H-pyrrole nitrogens is 1. The van der Waals surface area contributed by atoms with Crippen LogP contribution in [0.2, 0.25) is 0 Å². The molecule has 0 radical (unpaired) electrons. The van der Waals surface area contributed by atoms with Crippen LogP contribution in [-0.4, -0.2) is 55.5 Å². The number of aliphatic hydroxyl groups excluding tert-OH is 3. The number of allylic oxidation sites excluding steroid dienone is 3. The molecule has 27 heavy (non-hydrogen) atoms. The predicted octanol–water partition coefficient (Wildman–Crippen LogP) is 1.48. The number of aromatic amines is 1. The summed E-state index contributed by atoms with van der Waals surface area (Å²) in [6, 6.07) is 1.34. The molecule has 1 aliphatic heterocycles. The minimum atomic E-state index is -1.19. The second kappa shape index (κ2) is 10.2. The highest BCUT2D eigenvalue weighted by atomic mass is 32.1. The molecular weight excluding hydrogens is 368 g/mol. The first-order valence-corrected chi connectivity index (χ1v) is 10.1. The molecule has 1 aliphatic rings. The zero-order chi connectivity index (χ0) is 20.0. The monoisotopic (exact) mass is 398 g/mol. The molecule has 1 aromatic heterocycles. The first kappa shape index (κ1) is 21.8. The van der Waals surface area contributed by atoms with Gasteiger partial charge in [-0.15, -0.1) is 0 Å².